The molecule has 0 aliphatic carbocycles. The first-order valence-corrected chi connectivity index (χ1v) is 3.73. The van der Waals surface area contributed by atoms with Gasteiger partial charge in [0.1, 0.15) is 0 Å². The van der Waals surface area contributed by atoms with Crippen LogP contribution >= 0.6 is 11.6 Å². The topological polar surface area (TPSA) is 0 Å². The predicted molar refractivity (Wildman–Crippen MR) is 34.0 cm³/mol. The van der Waals surface area contributed by atoms with E-state index in [1.54, 1.807) is 0 Å². The van der Waals surface area contributed by atoms with Crippen LogP contribution < -0.4 is 0 Å². The molecule has 0 nitrogen and oxygen atoms in total. The smallest absolute Gasteiger partial charge is 0.0792 e. The van der Waals surface area contributed by atoms with Gasteiger partial charge < -0.3 is 0 Å². The molecule has 0 unspecified atom stereocenters. The fraction of sp³-hybridized carbons (Fsp3) is 1.00. The second-order valence-corrected chi connectivity index (χ2v) is 2.90. The average molecular weight is 106 g/mol. The number of hydrogen-bond acceptors (Lipinski definition) is 0. The third-order valence-corrected chi connectivity index (χ3v) is 2.23. The van der Waals surface area contributed by atoms with Crippen molar-refractivity contribution in [3.63, 3.8) is 0 Å². The molecule has 0 N–H and O–H groups in total. The summed E-state index contributed by atoms with van der Waals surface area (Å²) in [4.78, 5) is 0. The molecule has 0 bridgehead atoms. The van der Waals surface area contributed by atoms with Gasteiger partial charge in [0.2, 0.25) is 0 Å². The summed E-state index contributed by atoms with van der Waals surface area (Å²) in [5.41, 5.74) is 0. The van der Waals surface area contributed by atoms with Crippen LogP contribution in [0.15, 0.2) is 0 Å². The van der Waals surface area contributed by atoms with E-state index in [9.17, 15) is 0 Å². The van der Waals surface area contributed by atoms with Crippen LogP contribution in [-0.4, -0.2) is 13.8 Å². The van der Waals surface area contributed by atoms with E-state index in [1.807, 2.05) is 0 Å². The van der Waals surface area contributed by atoms with Gasteiger partial charge in [-0.25, -0.2) is 0 Å². The molecular weight excluding hydrogens is 92.1 g/mol. The highest BCUT2D eigenvalue weighted by atomic mass is 32.2. The van der Waals surface area contributed by atoms with Crippen LogP contribution in [-0.2, 0) is 0 Å². The van der Waals surface area contributed by atoms with Gasteiger partial charge in [-0.1, -0.05) is 6.42 Å². The van der Waals surface area contributed by atoms with Crippen molar-refractivity contribution in [2.45, 2.75) is 19.3 Å². The fourth-order valence-electron chi connectivity index (χ4n) is 0.687. The molecule has 38 valence electrons. The van der Waals surface area contributed by atoms with Crippen molar-refractivity contribution < 1.29 is 0 Å². The molecule has 0 amide bonds. The van der Waals surface area contributed by atoms with Gasteiger partial charge in [-0.05, 0) is 24.3 Å². The second kappa shape index (κ2) is 2.51. The van der Waals surface area contributed by atoms with E-state index in [2.05, 4.69) is 0 Å². The molecule has 1 aliphatic heterocycles. The SMILES string of the molecule is [2H]S1([2H])CCCCC1. The monoisotopic (exact) mass is 106 g/mol. The first-order valence-electron chi connectivity index (χ1n) is 3.39. The van der Waals surface area contributed by atoms with E-state index in [4.69, 9.17) is 2.25 Å². The van der Waals surface area contributed by atoms with Crippen molar-refractivity contribution in [2.75, 3.05) is 11.5 Å². The summed E-state index contributed by atoms with van der Waals surface area (Å²) in [6.45, 7) is 0. The highest BCUT2D eigenvalue weighted by molar-refractivity contribution is 7.99. The van der Waals surface area contributed by atoms with Crippen molar-refractivity contribution in [3.8, 4) is 0 Å². The molecule has 0 aromatic carbocycles. The Morgan fingerprint density at radius 2 is 1.83 bits per heavy atom. The fourth-order valence-corrected chi connectivity index (χ4v) is 1.71. The third-order valence-electron chi connectivity index (χ3n) is 1.08. The quantitative estimate of drug-likeness (QED) is 0.437. The van der Waals surface area contributed by atoms with Crippen LogP contribution in [0.5, 0.6) is 0 Å². The van der Waals surface area contributed by atoms with Crippen LogP contribution in [0, 0.1) is 0 Å². The standard InChI is InChI=1S/C5H12S/c1-2-4-6-5-3-1/h1-6H2/i6D2. The van der Waals surface area contributed by atoms with Crippen molar-refractivity contribution >= 4 is 11.6 Å². The highest BCUT2D eigenvalue weighted by Crippen LogP contribution is 2.14. The molecule has 1 fully saturated rings. The minimum atomic E-state index is -1.58. The Labute approximate surface area is 45.5 Å². The lowest BCUT2D eigenvalue weighted by Crippen LogP contribution is -1.91. The molecule has 1 heterocycles. The van der Waals surface area contributed by atoms with E-state index in [0.717, 1.165) is 24.3 Å². The van der Waals surface area contributed by atoms with E-state index < -0.39 is 11.6 Å². The Balaban J connectivity index is 2.33. The van der Waals surface area contributed by atoms with Gasteiger partial charge in [0.15, 0.2) is 0 Å². The Morgan fingerprint density at radius 3 is 2.17 bits per heavy atom. The first-order chi connectivity index (χ1) is 3.71. The predicted octanol–water partition coefficient (Wildman–Crippen LogP) is 1.37. The summed E-state index contributed by atoms with van der Waals surface area (Å²) in [5.74, 6) is 1.74. The maximum Gasteiger partial charge on any atom is 0.0792 e. The maximum atomic E-state index is 7.38. The average Bonchev–Trinajstić information content (AvgIpc) is 1.65. The first kappa shape index (κ1) is 2.61. The zero-order valence-electron chi connectivity index (χ0n) is 5.94. The number of hydrogen-bond donors (Lipinski definition) is 0. The van der Waals surface area contributed by atoms with Gasteiger partial charge in [0.05, 0.1) is 2.25 Å². The third kappa shape index (κ3) is 1.21. The van der Waals surface area contributed by atoms with Crippen molar-refractivity contribution in [2.24, 2.45) is 0 Å². The highest BCUT2D eigenvalue weighted by Gasteiger charge is 1.93. The van der Waals surface area contributed by atoms with E-state index >= 15 is 0 Å². The molecule has 1 saturated heterocycles. The molecule has 0 aromatic heterocycles. The Hall–Kier alpha value is 0.350. The summed E-state index contributed by atoms with van der Waals surface area (Å²) in [7, 11) is 0. The maximum absolute atomic E-state index is 7.38. The summed E-state index contributed by atoms with van der Waals surface area (Å²) in [5, 5.41) is 0. The van der Waals surface area contributed by atoms with Crippen molar-refractivity contribution in [1.29, 1.82) is 2.25 Å². The van der Waals surface area contributed by atoms with Gasteiger partial charge in [0, 0.05) is 0 Å². The molecule has 0 atom stereocenters. The lowest BCUT2D eigenvalue weighted by atomic mass is 10.3. The Kier molecular flexibility index (Phi) is 1.09. The Bertz CT molecular complexity index is 74.5. The van der Waals surface area contributed by atoms with Gasteiger partial charge in [0.25, 0.3) is 0 Å². The Morgan fingerprint density at radius 1 is 1.17 bits per heavy atom. The van der Waals surface area contributed by atoms with E-state index in [1.165, 1.54) is 6.42 Å². The van der Waals surface area contributed by atoms with Crippen LogP contribution in [0.3, 0.4) is 0 Å². The zero-order chi connectivity index (χ0) is 6.04. The molecule has 1 aliphatic rings. The van der Waals surface area contributed by atoms with Crippen LogP contribution in [0.2, 0.25) is 0 Å². The molecule has 0 saturated carbocycles. The largest absolute Gasteiger partial charge is 0.266 e. The molecule has 1 rings (SSSR count). The van der Waals surface area contributed by atoms with Gasteiger partial charge in [-0.15, -0.1) is 0 Å². The molecule has 6 heavy (non-hydrogen) atoms. The summed E-state index contributed by atoms with van der Waals surface area (Å²) >= 11 is -1.58. The van der Waals surface area contributed by atoms with Gasteiger partial charge in [-0.3, -0.25) is 11.6 Å². The van der Waals surface area contributed by atoms with Crippen molar-refractivity contribution in [1.82, 2.24) is 0 Å². The van der Waals surface area contributed by atoms with Crippen LogP contribution in [0.25, 0.3) is 0 Å². The lowest BCUT2D eigenvalue weighted by Gasteiger charge is -2.08. The van der Waals surface area contributed by atoms with Crippen LogP contribution in [0.4, 0.5) is 0 Å². The summed E-state index contributed by atoms with van der Waals surface area (Å²) < 4.78 is 14.8. The van der Waals surface area contributed by atoms with Crippen LogP contribution in [0.1, 0.15) is 19.3 Å². The molecule has 0 aromatic rings. The zero-order valence-corrected chi connectivity index (χ0v) is 4.76. The van der Waals surface area contributed by atoms with Gasteiger partial charge in [-0.2, -0.15) is 0 Å². The normalized spacial score (nSPS) is 42.7. The second-order valence-electron chi connectivity index (χ2n) is 1.67. The number of rotatable bonds is 0. The molecule has 0 spiro atoms. The van der Waals surface area contributed by atoms with E-state index in [0.29, 0.717) is 0 Å². The van der Waals surface area contributed by atoms with E-state index in [-0.39, 0.29) is 0 Å². The minimum Gasteiger partial charge on any atom is -0.266 e. The molecule has 0 radical (unpaired) electrons. The summed E-state index contributed by atoms with van der Waals surface area (Å²) in [6, 6.07) is 0. The van der Waals surface area contributed by atoms with Crippen molar-refractivity contribution in [3.05, 3.63) is 0 Å². The minimum absolute atomic E-state index is 0.868. The molecular formula is C5H12S. The lowest BCUT2D eigenvalue weighted by molar-refractivity contribution is 0.764. The molecule has 1 heteroatoms. The summed E-state index contributed by atoms with van der Waals surface area (Å²) in [6.07, 6.45) is 3.51. The van der Waals surface area contributed by atoms with Gasteiger partial charge >= 0.3 is 0 Å².